The van der Waals surface area contributed by atoms with E-state index < -0.39 is 91.4 Å². The number of aryl methyl sites for hydroxylation is 1. The summed E-state index contributed by atoms with van der Waals surface area (Å²) in [7, 11) is 0. The molecule has 12 nitrogen and oxygen atoms in total. The highest BCUT2D eigenvalue weighted by molar-refractivity contribution is 5.99. The van der Waals surface area contributed by atoms with Crippen LogP contribution in [0.5, 0.6) is 5.75 Å². The van der Waals surface area contributed by atoms with Crippen molar-refractivity contribution in [2.45, 2.75) is 145 Å². The minimum absolute atomic E-state index is 0.153. The maximum absolute atomic E-state index is 14.8. The zero-order chi connectivity index (χ0) is 39.4. The Balaban J connectivity index is 1.47. The zero-order valence-electron chi connectivity index (χ0n) is 33.1. The SMILES string of the molecule is Cc1c(C)c2ccc3c(c2n(C(=O)C(C)(C)C)c1=O)[C@@H](OC(=O)C12CCC(C)(C(=O)O1)C2(C)C)[C@@H](OC(=O)C12CCC(C)(C(=O)O1)C2(C)C)C(C)(C)O3. The molecule has 0 amide bonds. The number of esters is 4. The maximum atomic E-state index is 14.8. The molecule has 0 radical (unpaired) electrons. The van der Waals surface area contributed by atoms with Crippen molar-refractivity contribution in [3.63, 3.8) is 0 Å². The molecule has 53 heavy (non-hydrogen) atoms. The Labute approximate surface area is 309 Å². The first-order valence-corrected chi connectivity index (χ1v) is 18.5. The third-order valence-corrected chi connectivity index (χ3v) is 14.6. The van der Waals surface area contributed by atoms with Gasteiger partial charge in [-0.1, -0.05) is 48.5 Å². The Morgan fingerprint density at radius 2 is 1.21 bits per heavy atom. The molecule has 4 unspecified atom stereocenters. The second kappa shape index (κ2) is 10.5. The van der Waals surface area contributed by atoms with Crippen LogP contribution in [0.15, 0.2) is 16.9 Å². The van der Waals surface area contributed by atoms with Crippen molar-refractivity contribution in [1.82, 2.24) is 4.57 Å². The number of hydrogen-bond donors (Lipinski definition) is 0. The summed E-state index contributed by atoms with van der Waals surface area (Å²) < 4.78 is 32.5. The Morgan fingerprint density at radius 1 is 0.717 bits per heavy atom. The second-order valence-corrected chi connectivity index (χ2v) is 19.0. The van der Waals surface area contributed by atoms with Crippen LogP contribution in [0.25, 0.3) is 10.9 Å². The number of hydrogen-bond acceptors (Lipinski definition) is 11. The van der Waals surface area contributed by atoms with Crippen LogP contribution in [0.2, 0.25) is 0 Å². The smallest absolute Gasteiger partial charge is 0.351 e. The molecule has 286 valence electrons. The third-order valence-electron chi connectivity index (χ3n) is 14.6. The van der Waals surface area contributed by atoms with Gasteiger partial charge >= 0.3 is 23.9 Å². The van der Waals surface area contributed by atoms with Gasteiger partial charge in [-0.3, -0.25) is 19.2 Å². The van der Waals surface area contributed by atoms with Crippen molar-refractivity contribution >= 4 is 40.7 Å². The third kappa shape index (κ3) is 4.23. The van der Waals surface area contributed by atoms with Gasteiger partial charge in [-0.25, -0.2) is 14.2 Å². The number of carbonyl (C=O) groups is 5. The van der Waals surface area contributed by atoms with E-state index in [1.54, 1.807) is 88.3 Å². The minimum Gasteiger partial charge on any atom is -0.483 e. The molecule has 1 aromatic carbocycles. The van der Waals surface area contributed by atoms with Gasteiger partial charge < -0.3 is 23.7 Å². The molecule has 2 saturated heterocycles. The van der Waals surface area contributed by atoms with Crippen LogP contribution in [-0.2, 0) is 38.1 Å². The first-order chi connectivity index (χ1) is 24.2. The summed E-state index contributed by atoms with van der Waals surface area (Å²) in [5.74, 6) is -2.96. The van der Waals surface area contributed by atoms with Gasteiger partial charge in [-0.05, 0) is 84.9 Å². The number of carbonyl (C=O) groups excluding carboxylic acids is 5. The number of benzene rings is 1. The van der Waals surface area contributed by atoms with E-state index >= 15 is 0 Å². The fourth-order valence-electron chi connectivity index (χ4n) is 9.67. The molecule has 3 aliphatic heterocycles. The predicted octanol–water partition coefficient (Wildman–Crippen LogP) is 6.22. The molecule has 7 rings (SSSR count). The Kier molecular flexibility index (Phi) is 7.35. The van der Waals surface area contributed by atoms with Gasteiger partial charge in [0.2, 0.25) is 17.1 Å². The summed E-state index contributed by atoms with van der Waals surface area (Å²) in [4.78, 5) is 84.4. The van der Waals surface area contributed by atoms with Crippen LogP contribution in [0.4, 0.5) is 0 Å². The lowest BCUT2D eigenvalue weighted by atomic mass is 9.66. The average molecular weight is 734 g/mol. The normalized spacial score (nSPS) is 34.3. The van der Waals surface area contributed by atoms with Crippen LogP contribution < -0.4 is 10.3 Å². The first kappa shape index (κ1) is 37.1. The molecule has 2 saturated carbocycles. The van der Waals surface area contributed by atoms with Crippen LogP contribution in [0.1, 0.15) is 129 Å². The lowest BCUT2D eigenvalue weighted by Crippen LogP contribution is -2.58. The van der Waals surface area contributed by atoms with Crippen molar-refractivity contribution in [2.24, 2.45) is 27.1 Å². The average Bonchev–Trinajstić information content (AvgIpc) is 3.52. The predicted molar refractivity (Wildman–Crippen MR) is 191 cm³/mol. The minimum atomic E-state index is -1.66. The second-order valence-electron chi connectivity index (χ2n) is 19.0. The molecule has 4 fully saturated rings. The lowest BCUT2D eigenvalue weighted by molar-refractivity contribution is -0.217. The van der Waals surface area contributed by atoms with Crippen molar-refractivity contribution in [2.75, 3.05) is 0 Å². The fourth-order valence-corrected chi connectivity index (χ4v) is 9.67. The number of nitrogens with zero attached hydrogens (tertiary/aromatic N) is 1. The van der Waals surface area contributed by atoms with E-state index in [0.717, 1.165) is 4.57 Å². The monoisotopic (exact) mass is 733 g/mol. The van der Waals surface area contributed by atoms with Crippen molar-refractivity contribution in [3.8, 4) is 5.75 Å². The number of fused-ring (bicyclic) bond motifs is 7. The molecule has 6 atom stereocenters. The Hall–Kier alpha value is -4.22. The van der Waals surface area contributed by atoms with Crippen LogP contribution in [-0.4, -0.2) is 57.3 Å². The van der Waals surface area contributed by atoms with Crippen molar-refractivity contribution < 1.29 is 47.7 Å². The van der Waals surface area contributed by atoms with E-state index in [9.17, 15) is 28.8 Å². The van der Waals surface area contributed by atoms with Gasteiger partial charge in [-0.15, -0.1) is 0 Å². The summed E-state index contributed by atoms with van der Waals surface area (Å²) >= 11 is 0. The standard InChI is InChI=1S/C41H51NO11/c1-20-21(2)28(43)42(29(44)34(3,4)5)25-22(20)14-15-23-24(25)26(49-32(47)40-18-16-38(12,30(45)52-40)36(40,8)9)27(35(6,7)51-23)50-33(48)41-19-17-39(13,31(46)53-41)37(41,10)11/h14-15,26-27H,16-19H2,1-13H3/t26-,27-,38?,39?,40?,41?/m1/s1. The molecular weight excluding hydrogens is 682 g/mol. The summed E-state index contributed by atoms with van der Waals surface area (Å²) in [5, 5.41) is 0.531. The number of pyridine rings is 1. The highest BCUT2D eigenvalue weighted by Gasteiger charge is 2.78. The highest BCUT2D eigenvalue weighted by Crippen LogP contribution is 2.67. The topological polar surface area (TPSA) is 153 Å². The van der Waals surface area contributed by atoms with Crippen LogP contribution >= 0.6 is 0 Å². The molecule has 0 N–H and O–H groups in total. The number of aromatic nitrogens is 1. The summed E-state index contributed by atoms with van der Waals surface area (Å²) in [6.45, 7) is 22.7. The van der Waals surface area contributed by atoms with Crippen molar-refractivity contribution in [3.05, 3.63) is 39.2 Å². The van der Waals surface area contributed by atoms with E-state index in [2.05, 4.69) is 0 Å². The summed E-state index contributed by atoms with van der Waals surface area (Å²) in [6, 6.07) is 3.44. The first-order valence-electron chi connectivity index (χ1n) is 18.5. The molecule has 5 aliphatic rings. The number of rotatable bonds is 4. The molecule has 2 aliphatic carbocycles. The fraction of sp³-hybridized carbons (Fsp3) is 0.659. The molecule has 12 heteroatoms. The summed E-state index contributed by atoms with van der Waals surface area (Å²) in [6.07, 6.45) is -1.64. The highest BCUT2D eigenvalue weighted by atomic mass is 16.7. The number of ether oxygens (including phenoxy) is 5. The van der Waals surface area contributed by atoms with Gasteiger partial charge in [0.05, 0.1) is 21.9 Å². The lowest BCUT2D eigenvalue weighted by Gasteiger charge is -2.46. The van der Waals surface area contributed by atoms with E-state index in [-0.39, 0.29) is 29.7 Å². The van der Waals surface area contributed by atoms with E-state index in [4.69, 9.17) is 23.7 Å². The van der Waals surface area contributed by atoms with E-state index in [0.29, 0.717) is 29.4 Å². The van der Waals surface area contributed by atoms with Gasteiger partial charge in [-0.2, -0.15) is 0 Å². The molecule has 0 spiro atoms. The van der Waals surface area contributed by atoms with E-state index in [1.165, 1.54) is 0 Å². The van der Waals surface area contributed by atoms with Gasteiger partial charge in [0, 0.05) is 27.2 Å². The van der Waals surface area contributed by atoms with Gasteiger partial charge in [0.25, 0.3) is 5.56 Å². The van der Waals surface area contributed by atoms with Crippen LogP contribution in [0.3, 0.4) is 0 Å². The van der Waals surface area contributed by atoms with Gasteiger partial charge in [0.15, 0.2) is 12.2 Å². The van der Waals surface area contributed by atoms with Crippen molar-refractivity contribution in [1.29, 1.82) is 0 Å². The summed E-state index contributed by atoms with van der Waals surface area (Å²) in [5.41, 5.74) is -8.77. The zero-order valence-corrected chi connectivity index (χ0v) is 33.1. The molecule has 4 heterocycles. The Morgan fingerprint density at radius 3 is 1.64 bits per heavy atom. The van der Waals surface area contributed by atoms with Gasteiger partial charge in [0.1, 0.15) is 11.4 Å². The molecule has 1 aromatic heterocycles. The molecule has 4 bridgehead atoms. The largest absolute Gasteiger partial charge is 0.483 e. The van der Waals surface area contributed by atoms with E-state index in [1.807, 2.05) is 13.8 Å². The quantitative estimate of drug-likeness (QED) is 0.260. The van der Waals surface area contributed by atoms with Crippen LogP contribution in [0, 0.1) is 40.9 Å². The maximum Gasteiger partial charge on any atom is 0.351 e. The Bertz CT molecular complexity index is 2130. The molecular formula is C41H51NO11. The molecule has 2 aromatic rings.